The van der Waals surface area contributed by atoms with E-state index in [-0.39, 0.29) is 20.3 Å². The summed E-state index contributed by atoms with van der Waals surface area (Å²) < 4.78 is 0. The minimum absolute atomic E-state index is 0. The van der Waals surface area contributed by atoms with E-state index in [1.54, 1.807) is 12.4 Å². The van der Waals surface area contributed by atoms with Crippen LogP contribution >= 0.6 is 0 Å². The average Bonchev–Trinajstić information content (AvgIpc) is 1.72. The van der Waals surface area contributed by atoms with E-state index in [1.807, 2.05) is 18.2 Å². The molecule has 7 heavy (non-hydrogen) atoms. The van der Waals surface area contributed by atoms with Crippen LogP contribution in [-0.4, -0.2) is 4.98 Å². The molecule has 0 saturated carbocycles. The third-order valence-corrected chi connectivity index (χ3v) is 0.566. The van der Waals surface area contributed by atoms with Gasteiger partial charge in [0, 0.05) is 12.4 Å². The smallest absolute Gasteiger partial charge is 1.00 e. The second kappa shape index (κ2) is 3.92. The first-order chi connectivity index (χ1) is 3.00. The normalized spacial score (nSPS) is 6.86. The summed E-state index contributed by atoms with van der Waals surface area (Å²) in [7, 11) is 0. The third-order valence-electron chi connectivity index (χ3n) is 0.566. The standard InChI is InChI=1S/C5H5N.Li.H/c1-2-4-6-5-3-1;;/h1-5H;;/q;+1;-1. The van der Waals surface area contributed by atoms with Crippen LogP contribution in [0.25, 0.3) is 0 Å². The predicted octanol–water partition coefficient (Wildman–Crippen LogP) is -1.80. The topological polar surface area (TPSA) is 12.9 Å². The molecule has 0 bridgehead atoms. The molecule has 0 aliphatic rings. The van der Waals surface area contributed by atoms with Crippen molar-refractivity contribution in [2.45, 2.75) is 0 Å². The SMILES string of the molecule is [H-].[Li+].c1ccncc1. The molecule has 0 aromatic carbocycles. The fourth-order valence-electron chi connectivity index (χ4n) is 0.313. The first-order valence-corrected chi connectivity index (χ1v) is 1.85. The molecule has 0 amide bonds. The van der Waals surface area contributed by atoms with Crippen molar-refractivity contribution in [1.29, 1.82) is 0 Å². The molecule has 0 N–H and O–H groups in total. The van der Waals surface area contributed by atoms with Crippen molar-refractivity contribution in [3.63, 3.8) is 0 Å². The zero-order chi connectivity index (χ0) is 4.24. The quantitative estimate of drug-likeness (QED) is 0.340. The maximum atomic E-state index is 3.78. The van der Waals surface area contributed by atoms with Crippen LogP contribution in [0.2, 0.25) is 0 Å². The van der Waals surface area contributed by atoms with Gasteiger partial charge in [0.15, 0.2) is 0 Å². The van der Waals surface area contributed by atoms with Gasteiger partial charge in [-0.2, -0.15) is 0 Å². The molecule has 0 fully saturated rings. The summed E-state index contributed by atoms with van der Waals surface area (Å²) in [4.78, 5) is 3.78. The molecule has 2 heteroatoms. The van der Waals surface area contributed by atoms with Gasteiger partial charge in [0.1, 0.15) is 0 Å². The van der Waals surface area contributed by atoms with Crippen molar-refractivity contribution in [2.24, 2.45) is 0 Å². The summed E-state index contributed by atoms with van der Waals surface area (Å²) in [5, 5.41) is 0. The molecule has 1 heterocycles. The van der Waals surface area contributed by atoms with E-state index in [4.69, 9.17) is 0 Å². The maximum Gasteiger partial charge on any atom is 1.00 e. The Morgan fingerprint density at radius 2 is 1.57 bits per heavy atom. The maximum absolute atomic E-state index is 3.78. The summed E-state index contributed by atoms with van der Waals surface area (Å²) >= 11 is 0. The van der Waals surface area contributed by atoms with E-state index in [2.05, 4.69) is 4.98 Å². The van der Waals surface area contributed by atoms with Crippen LogP contribution < -0.4 is 18.9 Å². The third kappa shape index (κ3) is 2.44. The number of nitrogens with zero attached hydrogens (tertiary/aromatic N) is 1. The fourth-order valence-corrected chi connectivity index (χ4v) is 0.313. The molecule has 0 unspecified atom stereocenters. The minimum atomic E-state index is 0. The van der Waals surface area contributed by atoms with Gasteiger partial charge < -0.3 is 1.43 Å². The summed E-state index contributed by atoms with van der Waals surface area (Å²) in [6.45, 7) is 0. The molecule has 0 aliphatic carbocycles. The zero-order valence-corrected chi connectivity index (χ0v) is 4.33. The number of pyridine rings is 1. The number of hydrogen-bond donors (Lipinski definition) is 0. The summed E-state index contributed by atoms with van der Waals surface area (Å²) in [5.74, 6) is 0. The van der Waals surface area contributed by atoms with Gasteiger partial charge >= 0.3 is 18.9 Å². The van der Waals surface area contributed by atoms with Gasteiger partial charge in [-0.15, -0.1) is 0 Å². The summed E-state index contributed by atoms with van der Waals surface area (Å²) in [5.41, 5.74) is 0. The fraction of sp³-hybridized carbons (Fsp3) is 0. The van der Waals surface area contributed by atoms with Crippen molar-refractivity contribution in [1.82, 2.24) is 4.98 Å². The molecule has 0 saturated heterocycles. The Bertz CT molecular complexity index is 84.4. The number of aromatic nitrogens is 1. The van der Waals surface area contributed by atoms with Crippen LogP contribution in [0.4, 0.5) is 0 Å². The van der Waals surface area contributed by atoms with Crippen molar-refractivity contribution < 1.29 is 20.3 Å². The largest absolute Gasteiger partial charge is 1.00 e. The zero-order valence-electron chi connectivity index (χ0n) is 5.33. The van der Waals surface area contributed by atoms with Gasteiger partial charge in [-0.05, 0) is 12.1 Å². The van der Waals surface area contributed by atoms with Gasteiger partial charge in [0.2, 0.25) is 0 Å². The Hall–Kier alpha value is -0.253. The van der Waals surface area contributed by atoms with E-state index in [0.717, 1.165) is 0 Å². The molecule has 0 atom stereocenters. The molecule has 1 aromatic heterocycles. The van der Waals surface area contributed by atoms with E-state index >= 15 is 0 Å². The molecule has 1 aromatic rings. The molecule has 1 nitrogen and oxygen atoms in total. The van der Waals surface area contributed by atoms with E-state index < -0.39 is 0 Å². The van der Waals surface area contributed by atoms with Crippen molar-refractivity contribution in [2.75, 3.05) is 0 Å². The molecule has 0 spiro atoms. The Balaban J connectivity index is 0. The Morgan fingerprint density at radius 3 is 1.71 bits per heavy atom. The number of rotatable bonds is 0. The minimum Gasteiger partial charge on any atom is -1.00 e. The van der Waals surface area contributed by atoms with Crippen molar-refractivity contribution in [3.05, 3.63) is 30.6 Å². The molecule has 32 valence electrons. The monoisotopic (exact) mass is 87.1 g/mol. The molecular formula is C5H6LiN. The molecule has 1 rings (SSSR count). The van der Waals surface area contributed by atoms with Gasteiger partial charge in [-0.1, -0.05) is 6.07 Å². The first kappa shape index (κ1) is 6.75. The molecular weight excluding hydrogens is 81.0 g/mol. The van der Waals surface area contributed by atoms with E-state index in [1.165, 1.54) is 0 Å². The van der Waals surface area contributed by atoms with Crippen LogP contribution in [0.1, 0.15) is 1.43 Å². The first-order valence-electron chi connectivity index (χ1n) is 1.85. The van der Waals surface area contributed by atoms with Gasteiger partial charge in [0.05, 0.1) is 0 Å². The Morgan fingerprint density at radius 1 is 1.00 bits per heavy atom. The average molecular weight is 87.1 g/mol. The summed E-state index contributed by atoms with van der Waals surface area (Å²) in [6, 6.07) is 5.72. The molecule has 0 radical (unpaired) electrons. The Kier molecular flexibility index (Phi) is 3.78. The van der Waals surface area contributed by atoms with Crippen LogP contribution in [0, 0.1) is 0 Å². The van der Waals surface area contributed by atoms with E-state index in [9.17, 15) is 0 Å². The summed E-state index contributed by atoms with van der Waals surface area (Å²) in [6.07, 6.45) is 3.50. The predicted molar refractivity (Wildman–Crippen MR) is 25.3 cm³/mol. The molecule has 0 aliphatic heterocycles. The second-order valence-corrected chi connectivity index (χ2v) is 1.02. The van der Waals surface area contributed by atoms with Crippen LogP contribution in [0.3, 0.4) is 0 Å². The van der Waals surface area contributed by atoms with Crippen LogP contribution in [-0.2, 0) is 0 Å². The second-order valence-electron chi connectivity index (χ2n) is 1.02. The van der Waals surface area contributed by atoms with Crippen molar-refractivity contribution in [3.8, 4) is 0 Å². The van der Waals surface area contributed by atoms with E-state index in [0.29, 0.717) is 0 Å². The van der Waals surface area contributed by atoms with Crippen LogP contribution in [0.15, 0.2) is 30.6 Å². The van der Waals surface area contributed by atoms with Gasteiger partial charge in [0.25, 0.3) is 0 Å². The number of hydrogen-bond acceptors (Lipinski definition) is 1. The Labute approximate surface area is 56.4 Å². The van der Waals surface area contributed by atoms with Crippen molar-refractivity contribution >= 4 is 0 Å². The van der Waals surface area contributed by atoms with Gasteiger partial charge in [-0.25, -0.2) is 0 Å². The van der Waals surface area contributed by atoms with Gasteiger partial charge in [-0.3, -0.25) is 4.98 Å². The van der Waals surface area contributed by atoms with Crippen LogP contribution in [0.5, 0.6) is 0 Å².